The van der Waals surface area contributed by atoms with E-state index < -0.39 is 23.8 Å². The number of thiazole rings is 1. The van der Waals surface area contributed by atoms with E-state index in [1.165, 1.54) is 18.4 Å². The molecular weight excluding hydrogens is 532 g/mol. The van der Waals surface area contributed by atoms with Gasteiger partial charge in [0.1, 0.15) is 6.04 Å². The number of aromatic amines is 1. The molecule has 8 atom stereocenters. The lowest BCUT2D eigenvalue weighted by molar-refractivity contribution is -0.156. The van der Waals surface area contributed by atoms with Crippen molar-refractivity contribution in [1.29, 1.82) is 0 Å². The fourth-order valence-corrected chi connectivity index (χ4v) is 10.7. The molecule has 2 aliphatic carbocycles. The first-order chi connectivity index (χ1) is 17.6. The number of carbonyl (C=O) groups excluding carboxylic acids is 2. The predicted molar refractivity (Wildman–Crippen MR) is 140 cm³/mol. The molecule has 8 nitrogen and oxygen atoms in total. The zero-order chi connectivity index (χ0) is 26.3. The highest BCUT2D eigenvalue weighted by atomic mass is 32.2. The van der Waals surface area contributed by atoms with Gasteiger partial charge in [-0.05, 0) is 66.4 Å². The number of aromatic hydroxyl groups is 1. The van der Waals surface area contributed by atoms with Crippen LogP contribution in [-0.2, 0) is 14.4 Å². The van der Waals surface area contributed by atoms with E-state index in [9.17, 15) is 24.6 Å². The van der Waals surface area contributed by atoms with Gasteiger partial charge in [-0.3, -0.25) is 14.5 Å². The van der Waals surface area contributed by atoms with Crippen LogP contribution < -0.4 is 4.74 Å². The van der Waals surface area contributed by atoms with Gasteiger partial charge >= 0.3 is 5.97 Å². The van der Waals surface area contributed by atoms with E-state index in [-0.39, 0.29) is 58.8 Å². The largest absolute Gasteiger partial charge is 0.504 e. The standard InChI is InChI=1S/C26H28N2O6S3/c1-9(2)6-13(25(32)33)28-23(30)18-11-8-12(19(18)24(28)31)20-17(11)16(21-22(36-20)27-26(35)37-21)10-4-5-15(34-3)14(29)7-10/h4-5,7,9,11-13,16-20,29H,6,8H2,1-3H3,(H,27,35)(H,32,33). The second-order valence-corrected chi connectivity index (χ2v) is 13.8. The Morgan fingerprint density at radius 2 is 1.95 bits per heavy atom. The van der Waals surface area contributed by atoms with Gasteiger partial charge in [-0.2, -0.15) is 0 Å². The third-order valence-corrected chi connectivity index (χ3v) is 11.6. The van der Waals surface area contributed by atoms with Crippen molar-refractivity contribution in [3.8, 4) is 11.5 Å². The van der Waals surface area contributed by atoms with Crippen LogP contribution in [0.5, 0.6) is 11.5 Å². The maximum atomic E-state index is 13.8. The molecule has 1 saturated heterocycles. The van der Waals surface area contributed by atoms with Crippen LogP contribution in [-0.4, -0.2) is 56.3 Å². The molecule has 2 aliphatic heterocycles. The van der Waals surface area contributed by atoms with Crippen molar-refractivity contribution in [2.45, 2.75) is 48.9 Å². The molecule has 1 aromatic heterocycles. The molecule has 3 N–H and O–H groups in total. The van der Waals surface area contributed by atoms with Crippen LogP contribution >= 0.6 is 35.3 Å². The summed E-state index contributed by atoms with van der Waals surface area (Å²) in [6.07, 6.45) is 1.00. The molecule has 1 aromatic carbocycles. The molecule has 11 heteroatoms. The number of amides is 2. The van der Waals surface area contributed by atoms with Gasteiger partial charge < -0.3 is 19.9 Å². The van der Waals surface area contributed by atoms with Gasteiger partial charge in [-0.1, -0.05) is 19.9 Å². The van der Waals surface area contributed by atoms with Crippen molar-refractivity contribution >= 4 is 53.1 Å². The summed E-state index contributed by atoms with van der Waals surface area (Å²) < 4.78 is 5.92. The molecular formula is C26H28N2O6S3. The average molecular weight is 561 g/mol. The number of methoxy groups -OCH3 is 1. The predicted octanol–water partition coefficient (Wildman–Crippen LogP) is 4.49. The average Bonchev–Trinajstić information content (AvgIpc) is 3.56. The van der Waals surface area contributed by atoms with Gasteiger partial charge in [0.25, 0.3) is 0 Å². The topological polar surface area (TPSA) is 120 Å². The highest BCUT2D eigenvalue weighted by Gasteiger charge is 2.70. The molecule has 3 heterocycles. The number of ether oxygens (including phenoxy) is 1. The van der Waals surface area contributed by atoms with Crippen LogP contribution in [0.15, 0.2) is 23.2 Å². The van der Waals surface area contributed by atoms with Crippen molar-refractivity contribution in [2.24, 2.45) is 35.5 Å². The lowest BCUT2D eigenvalue weighted by atomic mass is 9.68. The molecule has 4 aliphatic rings. The number of hydrogen-bond acceptors (Lipinski definition) is 8. The molecule has 0 radical (unpaired) electrons. The summed E-state index contributed by atoms with van der Waals surface area (Å²) in [6, 6.07) is 4.29. The number of H-pyrrole nitrogens is 1. The third-order valence-electron chi connectivity index (χ3n) is 8.61. The zero-order valence-electron chi connectivity index (χ0n) is 20.5. The quantitative estimate of drug-likeness (QED) is 0.349. The number of thioether (sulfide) groups is 1. The van der Waals surface area contributed by atoms with Crippen LogP contribution in [0.2, 0.25) is 0 Å². The maximum absolute atomic E-state index is 13.8. The summed E-state index contributed by atoms with van der Waals surface area (Å²) in [4.78, 5) is 45.1. The summed E-state index contributed by atoms with van der Waals surface area (Å²) in [5, 5.41) is 21.6. The van der Waals surface area contributed by atoms with Gasteiger partial charge in [0, 0.05) is 16.0 Å². The van der Waals surface area contributed by atoms with Crippen LogP contribution in [0.25, 0.3) is 0 Å². The number of aromatic nitrogens is 1. The van der Waals surface area contributed by atoms with Crippen molar-refractivity contribution in [3.05, 3.63) is 32.6 Å². The van der Waals surface area contributed by atoms with Crippen molar-refractivity contribution in [3.63, 3.8) is 0 Å². The number of imide groups is 1. The minimum Gasteiger partial charge on any atom is -0.504 e. The number of nitrogens with one attached hydrogen (secondary N) is 1. The molecule has 2 aromatic rings. The second kappa shape index (κ2) is 8.84. The lowest BCUT2D eigenvalue weighted by Crippen LogP contribution is -2.47. The van der Waals surface area contributed by atoms with E-state index in [1.807, 2.05) is 19.9 Å². The van der Waals surface area contributed by atoms with Crippen molar-refractivity contribution in [1.82, 2.24) is 9.88 Å². The SMILES string of the molecule is COc1ccc(C2c3sc(=S)[nH]c3SC3C4CC(C5C(=O)N(C(CC(C)C)C(=O)O)C(=O)C45)C23)cc1O. The van der Waals surface area contributed by atoms with E-state index in [0.29, 0.717) is 9.70 Å². The summed E-state index contributed by atoms with van der Waals surface area (Å²) in [7, 11) is 1.51. The summed E-state index contributed by atoms with van der Waals surface area (Å²) in [5.41, 5.74) is 0.918. The second-order valence-electron chi connectivity index (χ2n) is 10.9. The summed E-state index contributed by atoms with van der Waals surface area (Å²) in [6.45, 7) is 3.79. The third kappa shape index (κ3) is 3.60. The highest BCUT2D eigenvalue weighted by molar-refractivity contribution is 8.00. The van der Waals surface area contributed by atoms with E-state index in [4.69, 9.17) is 17.0 Å². The number of hydrogen-bond donors (Lipinski definition) is 3. The van der Waals surface area contributed by atoms with E-state index in [2.05, 4.69) is 4.98 Å². The molecule has 37 heavy (non-hydrogen) atoms. The number of carbonyl (C=O) groups is 3. The Morgan fingerprint density at radius 3 is 2.57 bits per heavy atom. The minimum absolute atomic E-state index is 0.0238. The first-order valence-corrected chi connectivity index (χ1v) is 14.6. The van der Waals surface area contributed by atoms with Crippen LogP contribution in [0.1, 0.15) is 43.0 Å². The fraction of sp³-hybridized carbons (Fsp3) is 0.538. The van der Waals surface area contributed by atoms with Crippen LogP contribution in [0.3, 0.4) is 0 Å². The van der Waals surface area contributed by atoms with E-state index in [1.54, 1.807) is 23.9 Å². The van der Waals surface area contributed by atoms with E-state index >= 15 is 0 Å². The Bertz CT molecular complexity index is 1370. The van der Waals surface area contributed by atoms with Crippen LogP contribution in [0.4, 0.5) is 0 Å². The van der Waals surface area contributed by atoms with Gasteiger partial charge in [0.05, 0.1) is 24.0 Å². The molecule has 2 saturated carbocycles. The van der Waals surface area contributed by atoms with E-state index in [0.717, 1.165) is 26.8 Å². The molecule has 8 unspecified atom stereocenters. The number of aliphatic carboxylic acids is 1. The molecule has 196 valence electrons. The zero-order valence-corrected chi connectivity index (χ0v) is 23.0. The smallest absolute Gasteiger partial charge is 0.326 e. The number of phenolic OH excluding ortho intramolecular Hbond substituents is 1. The Labute approximate surface area is 227 Å². The number of likely N-dealkylation sites (tertiary alicyclic amines) is 1. The molecule has 2 amide bonds. The Hall–Kier alpha value is -2.37. The molecule has 6 rings (SSSR count). The molecule has 0 spiro atoms. The summed E-state index contributed by atoms with van der Waals surface area (Å²) in [5.74, 6) is -2.42. The number of carboxylic acids is 1. The van der Waals surface area contributed by atoms with Crippen LogP contribution in [0, 0.1) is 39.5 Å². The van der Waals surface area contributed by atoms with Gasteiger partial charge in [-0.25, -0.2) is 4.79 Å². The minimum atomic E-state index is -1.13. The van der Waals surface area contributed by atoms with Gasteiger partial charge in [0.2, 0.25) is 11.8 Å². The number of nitrogens with zero attached hydrogens (tertiary/aromatic N) is 1. The Morgan fingerprint density at radius 1 is 1.24 bits per heavy atom. The highest BCUT2D eigenvalue weighted by Crippen LogP contribution is 2.69. The Balaban J connectivity index is 1.42. The Kier molecular flexibility index (Phi) is 5.96. The molecule has 2 bridgehead atoms. The molecule has 3 fully saturated rings. The monoisotopic (exact) mass is 560 g/mol. The first-order valence-electron chi connectivity index (χ1n) is 12.5. The lowest BCUT2D eigenvalue weighted by Gasteiger charge is -2.43. The normalized spacial score (nSPS) is 32.4. The van der Waals surface area contributed by atoms with Gasteiger partial charge in [0.15, 0.2) is 15.5 Å². The number of rotatable bonds is 6. The first kappa shape index (κ1) is 24.9. The number of fused-ring (bicyclic) bond motifs is 9. The number of carboxylic acid groups (broad SMARTS) is 1. The number of phenols is 1. The summed E-state index contributed by atoms with van der Waals surface area (Å²) >= 11 is 8.70. The van der Waals surface area contributed by atoms with Crippen molar-refractivity contribution < 1.29 is 29.3 Å². The van der Waals surface area contributed by atoms with Crippen molar-refractivity contribution in [2.75, 3.05) is 7.11 Å². The maximum Gasteiger partial charge on any atom is 0.326 e. The van der Waals surface area contributed by atoms with Gasteiger partial charge in [-0.15, -0.1) is 23.1 Å². The number of benzene rings is 1. The fourth-order valence-electron chi connectivity index (χ4n) is 7.38.